The fourth-order valence-electron chi connectivity index (χ4n) is 1.75. The summed E-state index contributed by atoms with van der Waals surface area (Å²) < 4.78 is 5.27. The van der Waals surface area contributed by atoms with Crippen LogP contribution in [0, 0.1) is 0 Å². The summed E-state index contributed by atoms with van der Waals surface area (Å²) in [6.45, 7) is 0. The van der Waals surface area contributed by atoms with Gasteiger partial charge in [-0.05, 0) is 11.6 Å². The van der Waals surface area contributed by atoms with Crippen LogP contribution in [0.1, 0.15) is 17.4 Å². The number of fused-ring (bicyclic) bond motifs is 1. The molecule has 1 aromatic heterocycles. The van der Waals surface area contributed by atoms with E-state index in [1.54, 1.807) is 0 Å². The van der Waals surface area contributed by atoms with E-state index in [1.165, 1.54) is 10.5 Å². The summed E-state index contributed by atoms with van der Waals surface area (Å²) in [6, 6.07) is 8.41. The predicted molar refractivity (Wildman–Crippen MR) is 57.7 cm³/mol. The molecule has 15 heavy (non-hydrogen) atoms. The zero-order valence-electron chi connectivity index (χ0n) is 7.88. The molecule has 0 radical (unpaired) electrons. The molecule has 0 spiro atoms. The number of hydrogen-bond acceptors (Lipinski definition) is 5. The van der Waals surface area contributed by atoms with Crippen molar-refractivity contribution < 1.29 is 4.42 Å². The van der Waals surface area contributed by atoms with E-state index in [2.05, 4.69) is 22.3 Å². The van der Waals surface area contributed by atoms with Gasteiger partial charge in [-0.3, -0.25) is 0 Å². The van der Waals surface area contributed by atoms with Crippen LogP contribution in [-0.4, -0.2) is 16.0 Å². The Bertz CT molecular complexity index is 497. The number of benzene rings is 1. The monoisotopic (exact) mass is 219 g/mol. The molecule has 2 aromatic rings. The van der Waals surface area contributed by atoms with E-state index in [0.717, 1.165) is 5.75 Å². The number of nitrogen functional groups attached to an aromatic ring is 1. The Balaban J connectivity index is 2.04. The Morgan fingerprint density at radius 1 is 1.33 bits per heavy atom. The maximum Gasteiger partial charge on any atom is 0.312 e. The lowest BCUT2D eigenvalue weighted by atomic mass is 10.0. The molecule has 0 saturated heterocycles. The number of rotatable bonds is 1. The maximum atomic E-state index is 5.42. The predicted octanol–water partition coefficient (Wildman–Crippen LogP) is 1.89. The highest BCUT2D eigenvalue weighted by molar-refractivity contribution is 7.99. The molecule has 2 N–H and O–H groups in total. The van der Waals surface area contributed by atoms with Gasteiger partial charge in [0.05, 0.1) is 5.92 Å². The van der Waals surface area contributed by atoms with Gasteiger partial charge in [-0.1, -0.05) is 23.3 Å². The first-order valence-electron chi connectivity index (χ1n) is 4.65. The molecule has 1 aromatic carbocycles. The van der Waals surface area contributed by atoms with Gasteiger partial charge in [0, 0.05) is 10.6 Å². The molecule has 0 saturated carbocycles. The summed E-state index contributed by atoms with van der Waals surface area (Å²) in [5.41, 5.74) is 6.67. The van der Waals surface area contributed by atoms with Crippen molar-refractivity contribution >= 4 is 17.8 Å². The van der Waals surface area contributed by atoms with Crippen molar-refractivity contribution in [1.29, 1.82) is 0 Å². The standard InChI is InChI=1S/C10H9N3OS/c11-10-13-12-9(14-10)7-5-15-8-4-2-1-3-6(7)8/h1-4,7H,5H2,(H2,11,13). The highest BCUT2D eigenvalue weighted by atomic mass is 32.2. The highest BCUT2D eigenvalue weighted by Gasteiger charge is 2.28. The van der Waals surface area contributed by atoms with Crippen molar-refractivity contribution in [2.24, 2.45) is 0 Å². The topological polar surface area (TPSA) is 64.9 Å². The average Bonchev–Trinajstić information content (AvgIpc) is 2.83. The first kappa shape index (κ1) is 8.79. The normalized spacial score (nSPS) is 19.1. The molecule has 1 atom stereocenters. The van der Waals surface area contributed by atoms with Crippen LogP contribution in [0.15, 0.2) is 33.6 Å². The van der Waals surface area contributed by atoms with Gasteiger partial charge < -0.3 is 10.2 Å². The van der Waals surface area contributed by atoms with Gasteiger partial charge in [-0.25, -0.2) is 0 Å². The molecule has 2 heterocycles. The van der Waals surface area contributed by atoms with E-state index >= 15 is 0 Å². The highest BCUT2D eigenvalue weighted by Crippen LogP contribution is 2.42. The molecule has 1 aliphatic heterocycles. The number of thioether (sulfide) groups is 1. The van der Waals surface area contributed by atoms with E-state index < -0.39 is 0 Å². The van der Waals surface area contributed by atoms with Gasteiger partial charge in [0.25, 0.3) is 0 Å². The van der Waals surface area contributed by atoms with Crippen LogP contribution in [0.3, 0.4) is 0 Å². The summed E-state index contributed by atoms with van der Waals surface area (Å²) in [5, 5.41) is 7.63. The van der Waals surface area contributed by atoms with Gasteiger partial charge in [0.15, 0.2) is 0 Å². The molecule has 1 aliphatic rings. The largest absolute Gasteiger partial charge is 0.408 e. The minimum absolute atomic E-state index is 0.138. The van der Waals surface area contributed by atoms with E-state index in [1.807, 2.05) is 23.9 Å². The van der Waals surface area contributed by atoms with E-state index in [9.17, 15) is 0 Å². The van der Waals surface area contributed by atoms with Crippen LogP contribution in [0.2, 0.25) is 0 Å². The number of anilines is 1. The minimum atomic E-state index is 0.138. The van der Waals surface area contributed by atoms with Gasteiger partial charge in [0.2, 0.25) is 5.89 Å². The van der Waals surface area contributed by atoms with Crippen molar-refractivity contribution in [1.82, 2.24) is 10.2 Å². The fourth-order valence-corrected chi connectivity index (χ4v) is 2.97. The van der Waals surface area contributed by atoms with Crippen LogP contribution in [0.5, 0.6) is 0 Å². The Kier molecular flexibility index (Phi) is 1.92. The third kappa shape index (κ3) is 1.39. The Morgan fingerprint density at radius 3 is 3.00 bits per heavy atom. The average molecular weight is 219 g/mol. The zero-order chi connectivity index (χ0) is 10.3. The van der Waals surface area contributed by atoms with Crippen LogP contribution in [-0.2, 0) is 0 Å². The zero-order valence-corrected chi connectivity index (χ0v) is 8.70. The van der Waals surface area contributed by atoms with Gasteiger partial charge in [-0.15, -0.1) is 16.9 Å². The van der Waals surface area contributed by atoms with Crippen molar-refractivity contribution in [3.8, 4) is 0 Å². The van der Waals surface area contributed by atoms with Crippen LogP contribution < -0.4 is 5.73 Å². The molecule has 0 bridgehead atoms. The molecule has 3 rings (SSSR count). The van der Waals surface area contributed by atoms with Crippen molar-refractivity contribution in [3.05, 3.63) is 35.7 Å². The SMILES string of the molecule is Nc1nnc(C2CSc3ccccc32)o1. The quantitative estimate of drug-likeness (QED) is 0.793. The minimum Gasteiger partial charge on any atom is -0.408 e. The second kappa shape index (κ2) is 3.27. The molecule has 0 amide bonds. The Morgan fingerprint density at radius 2 is 2.20 bits per heavy atom. The molecule has 0 fully saturated rings. The number of hydrogen-bond donors (Lipinski definition) is 1. The van der Waals surface area contributed by atoms with Gasteiger partial charge in [-0.2, -0.15) is 0 Å². The van der Waals surface area contributed by atoms with Crippen molar-refractivity contribution in [3.63, 3.8) is 0 Å². The number of nitrogens with zero attached hydrogens (tertiary/aromatic N) is 2. The summed E-state index contributed by atoms with van der Waals surface area (Å²) in [7, 11) is 0. The van der Waals surface area contributed by atoms with Crippen LogP contribution >= 0.6 is 11.8 Å². The van der Waals surface area contributed by atoms with Gasteiger partial charge in [0.1, 0.15) is 0 Å². The molecule has 76 valence electrons. The lowest BCUT2D eigenvalue weighted by Gasteiger charge is -2.03. The first-order chi connectivity index (χ1) is 7.34. The van der Waals surface area contributed by atoms with Crippen molar-refractivity contribution in [2.45, 2.75) is 10.8 Å². The lowest BCUT2D eigenvalue weighted by Crippen LogP contribution is -1.99. The second-order valence-corrected chi connectivity index (χ2v) is 4.44. The van der Waals surface area contributed by atoms with E-state index in [-0.39, 0.29) is 11.9 Å². The summed E-state index contributed by atoms with van der Waals surface area (Å²) >= 11 is 1.81. The molecule has 5 heteroatoms. The third-order valence-electron chi connectivity index (χ3n) is 2.45. The number of aromatic nitrogens is 2. The third-order valence-corrected chi connectivity index (χ3v) is 3.64. The summed E-state index contributed by atoms with van der Waals surface area (Å²) in [4.78, 5) is 1.29. The molecule has 0 aliphatic carbocycles. The van der Waals surface area contributed by atoms with Gasteiger partial charge >= 0.3 is 6.01 Å². The molecule has 1 unspecified atom stereocenters. The summed E-state index contributed by atoms with van der Waals surface area (Å²) in [6.07, 6.45) is 0. The van der Waals surface area contributed by atoms with E-state index in [0.29, 0.717) is 5.89 Å². The molecular weight excluding hydrogens is 210 g/mol. The van der Waals surface area contributed by atoms with Crippen molar-refractivity contribution in [2.75, 3.05) is 11.5 Å². The first-order valence-corrected chi connectivity index (χ1v) is 5.64. The maximum absolute atomic E-state index is 5.42. The molecular formula is C10H9N3OS. The van der Waals surface area contributed by atoms with Crippen LogP contribution in [0.25, 0.3) is 0 Å². The smallest absolute Gasteiger partial charge is 0.312 e. The second-order valence-electron chi connectivity index (χ2n) is 3.38. The van der Waals surface area contributed by atoms with E-state index in [4.69, 9.17) is 10.2 Å². The Hall–Kier alpha value is -1.49. The number of nitrogens with two attached hydrogens (primary N) is 1. The Labute approximate surface area is 90.9 Å². The summed E-state index contributed by atoms with van der Waals surface area (Å²) in [5.74, 6) is 1.75. The fraction of sp³-hybridized carbons (Fsp3) is 0.200. The molecule has 4 nitrogen and oxygen atoms in total. The lowest BCUT2D eigenvalue weighted by molar-refractivity contribution is 0.497. The van der Waals surface area contributed by atoms with Crippen LogP contribution in [0.4, 0.5) is 6.01 Å².